The molecule has 0 bridgehead atoms. The summed E-state index contributed by atoms with van der Waals surface area (Å²) in [4.78, 5) is 0. The number of aromatic nitrogens is 2. The predicted molar refractivity (Wildman–Crippen MR) is 64.4 cm³/mol. The lowest BCUT2D eigenvalue weighted by molar-refractivity contribution is 0.474. The highest BCUT2D eigenvalue weighted by Crippen LogP contribution is 2.27. The molecule has 16 heavy (non-hydrogen) atoms. The van der Waals surface area contributed by atoms with Gasteiger partial charge in [-0.05, 0) is 19.4 Å². The number of hydrogen-bond acceptors (Lipinski definition) is 2. The average molecular weight is 216 g/mol. The first-order valence-corrected chi connectivity index (χ1v) is 5.54. The molecule has 0 saturated carbocycles. The highest BCUT2D eigenvalue weighted by molar-refractivity contribution is 5.65. The molecule has 0 unspecified atom stereocenters. The minimum Gasteiger partial charge on any atom is -0.504 e. The summed E-state index contributed by atoms with van der Waals surface area (Å²) in [7, 11) is 0. The van der Waals surface area contributed by atoms with Gasteiger partial charge in [0.1, 0.15) is 5.69 Å². The summed E-state index contributed by atoms with van der Waals surface area (Å²) < 4.78 is 1.78. The van der Waals surface area contributed by atoms with E-state index in [1.807, 2.05) is 31.2 Å². The maximum absolute atomic E-state index is 9.82. The van der Waals surface area contributed by atoms with Crippen LogP contribution in [-0.4, -0.2) is 14.9 Å². The molecule has 84 valence electrons. The van der Waals surface area contributed by atoms with Gasteiger partial charge >= 0.3 is 0 Å². The zero-order valence-corrected chi connectivity index (χ0v) is 9.64. The first-order chi connectivity index (χ1) is 7.70. The van der Waals surface area contributed by atoms with Crippen molar-refractivity contribution in [2.24, 2.45) is 0 Å². The van der Waals surface area contributed by atoms with Gasteiger partial charge in [0.15, 0.2) is 5.75 Å². The Hall–Kier alpha value is -1.77. The Balaban J connectivity index is 2.40. The van der Waals surface area contributed by atoms with E-state index in [-0.39, 0.29) is 5.75 Å². The third kappa shape index (κ3) is 2.08. The van der Waals surface area contributed by atoms with Gasteiger partial charge in [0.25, 0.3) is 0 Å². The zero-order valence-electron chi connectivity index (χ0n) is 9.64. The lowest BCUT2D eigenvalue weighted by Crippen LogP contribution is -1.96. The number of nitrogens with zero attached hydrogens (tertiary/aromatic N) is 2. The van der Waals surface area contributed by atoms with Crippen molar-refractivity contribution >= 4 is 0 Å². The van der Waals surface area contributed by atoms with Gasteiger partial charge in [-0.3, -0.25) is 4.68 Å². The second-order valence-corrected chi connectivity index (χ2v) is 4.00. The van der Waals surface area contributed by atoms with Gasteiger partial charge in [-0.2, -0.15) is 5.10 Å². The van der Waals surface area contributed by atoms with Gasteiger partial charge in [0.2, 0.25) is 0 Å². The molecular weight excluding hydrogens is 200 g/mol. The van der Waals surface area contributed by atoms with E-state index in [0.717, 1.165) is 18.5 Å². The number of rotatable bonds is 3. The van der Waals surface area contributed by atoms with E-state index in [9.17, 15) is 5.11 Å². The van der Waals surface area contributed by atoms with Crippen molar-refractivity contribution in [3.63, 3.8) is 0 Å². The van der Waals surface area contributed by atoms with Gasteiger partial charge in [0.05, 0.1) is 6.20 Å². The number of benzene rings is 1. The molecule has 0 saturated heterocycles. The Bertz CT molecular complexity index is 488. The van der Waals surface area contributed by atoms with Crippen molar-refractivity contribution in [2.75, 3.05) is 0 Å². The maximum Gasteiger partial charge on any atom is 0.161 e. The van der Waals surface area contributed by atoms with E-state index in [4.69, 9.17) is 0 Å². The highest BCUT2D eigenvalue weighted by atomic mass is 16.3. The lowest BCUT2D eigenvalue weighted by atomic mass is 10.1. The Morgan fingerprint density at radius 2 is 2.19 bits per heavy atom. The summed E-state index contributed by atoms with van der Waals surface area (Å²) in [6, 6.07) is 8.00. The molecule has 3 heteroatoms. The van der Waals surface area contributed by atoms with E-state index in [1.54, 1.807) is 10.9 Å². The summed E-state index contributed by atoms with van der Waals surface area (Å²) in [5.41, 5.74) is 2.80. The van der Waals surface area contributed by atoms with Crippen LogP contribution in [0.3, 0.4) is 0 Å². The van der Waals surface area contributed by atoms with E-state index in [2.05, 4.69) is 12.0 Å². The smallest absolute Gasteiger partial charge is 0.161 e. The van der Waals surface area contributed by atoms with Crippen LogP contribution in [0, 0.1) is 6.92 Å². The molecule has 0 radical (unpaired) electrons. The van der Waals surface area contributed by atoms with Crippen LogP contribution in [0.15, 0.2) is 30.5 Å². The van der Waals surface area contributed by atoms with E-state index < -0.39 is 0 Å². The monoisotopic (exact) mass is 216 g/mol. The second-order valence-electron chi connectivity index (χ2n) is 4.00. The Morgan fingerprint density at radius 1 is 1.38 bits per heavy atom. The van der Waals surface area contributed by atoms with Crippen LogP contribution < -0.4 is 0 Å². The fourth-order valence-electron chi connectivity index (χ4n) is 1.75. The molecule has 0 aliphatic heterocycles. The van der Waals surface area contributed by atoms with Gasteiger partial charge in [-0.15, -0.1) is 0 Å². The zero-order chi connectivity index (χ0) is 11.5. The van der Waals surface area contributed by atoms with Gasteiger partial charge in [-0.25, -0.2) is 0 Å². The number of hydrogen-bond donors (Lipinski definition) is 1. The lowest BCUT2D eigenvalue weighted by Gasteiger charge is -1.99. The van der Waals surface area contributed by atoms with Crippen molar-refractivity contribution in [2.45, 2.75) is 26.8 Å². The van der Waals surface area contributed by atoms with Crippen molar-refractivity contribution in [3.05, 3.63) is 36.0 Å². The molecule has 3 nitrogen and oxygen atoms in total. The molecule has 0 spiro atoms. The van der Waals surface area contributed by atoms with Crippen molar-refractivity contribution in [3.8, 4) is 17.0 Å². The quantitative estimate of drug-likeness (QED) is 0.856. The first-order valence-electron chi connectivity index (χ1n) is 5.54. The summed E-state index contributed by atoms with van der Waals surface area (Å²) in [6.07, 6.45) is 2.69. The van der Waals surface area contributed by atoms with Gasteiger partial charge in [0, 0.05) is 12.1 Å². The number of aryl methyl sites for hydroxylation is 2. The minimum atomic E-state index is 0.249. The molecule has 1 aromatic carbocycles. The fraction of sp³-hybridized carbons (Fsp3) is 0.308. The molecule has 2 aromatic rings. The summed E-state index contributed by atoms with van der Waals surface area (Å²) in [6.45, 7) is 4.95. The largest absolute Gasteiger partial charge is 0.504 e. The SMILES string of the molecule is CCCn1cc(O)c(-c2cccc(C)c2)n1. The molecule has 0 aliphatic carbocycles. The average Bonchev–Trinajstić information content (AvgIpc) is 2.60. The minimum absolute atomic E-state index is 0.249. The third-order valence-corrected chi connectivity index (χ3v) is 2.49. The van der Waals surface area contributed by atoms with Crippen LogP contribution in [-0.2, 0) is 6.54 Å². The first kappa shape index (κ1) is 10.7. The molecule has 0 amide bonds. The van der Waals surface area contributed by atoms with Crippen LogP contribution >= 0.6 is 0 Å². The van der Waals surface area contributed by atoms with Crippen molar-refractivity contribution in [1.82, 2.24) is 9.78 Å². The number of aromatic hydroxyl groups is 1. The second kappa shape index (κ2) is 4.39. The topological polar surface area (TPSA) is 38.0 Å². The standard InChI is InChI=1S/C13H16N2O/c1-3-7-15-9-12(16)13(14-15)11-6-4-5-10(2)8-11/h4-6,8-9,16H,3,7H2,1-2H3. The maximum atomic E-state index is 9.82. The van der Waals surface area contributed by atoms with Crippen LogP contribution in [0.1, 0.15) is 18.9 Å². The van der Waals surface area contributed by atoms with Crippen molar-refractivity contribution < 1.29 is 5.11 Å². The molecule has 0 fully saturated rings. The molecule has 1 heterocycles. The molecule has 1 aromatic heterocycles. The fourth-order valence-corrected chi connectivity index (χ4v) is 1.75. The van der Waals surface area contributed by atoms with Crippen LogP contribution in [0.5, 0.6) is 5.75 Å². The predicted octanol–water partition coefficient (Wildman–Crippen LogP) is 2.97. The van der Waals surface area contributed by atoms with Crippen LogP contribution in [0.25, 0.3) is 11.3 Å². The summed E-state index contributed by atoms with van der Waals surface area (Å²) in [5.74, 6) is 0.249. The molecular formula is C13H16N2O. The van der Waals surface area contributed by atoms with Crippen LogP contribution in [0.2, 0.25) is 0 Å². The third-order valence-electron chi connectivity index (χ3n) is 2.49. The summed E-state index contributed by atoms with van der Waals surface area (Å²) in [5, 5.41) is 14.2. The van der Waals surface area contributed by atoms with Gasteiger partial charge < -0.3 is 5.11 Å². The van der Waals surface area contributed by atoms with E-state index in [1.165, 1.54) is 5.56 Å². The summed E-state index contributed by atoms with van der Waals surface area (Å²) >= 11 is 0. The molecule has 1 N–H and O–H groups in total. The van der Waals surface area contributed by atoms with Crippen molar-refractivity contribution in [1.29, 1.82) is 0 Å². The van der Waals surface area contributed by atoms with E-state index in [0.29, 0.717) is 5.69 Å². The highest BCUT2D eigenvalue weighted by Gasteiger charge is 2.09. The van der Waals surface area contributed by atoms with Gasteiger partial charge in [-0.1, -0.05) is 30.7 Å². The van der Waals surface area contributed by atoms with Crippen LogP contribution in [0.4, 0.5) is 0 Å². The molecule has 2 rings (SSSR count). The Morgan fingerprint density at radius 3 is 2.88 bits per heavy atom. The molecule has 0 atom stereocenters. The normalized spacial score (nSPS) is 10.6. The Labute approximate surface area is 95.3 Å². The van der Waals surface area contributed by atoms with E-state index >= 15 is 0 Å². The molecule has 0 aliphatic rings. The Kier molecular flexibility index (Phi) is 2.95.